The van der Waals surface area contributed by atoms with Crippen molar-refractivity contribution >= 4 is 29.0 Å². The van der Waals surface area contributed by atoms with Crippen LogP contribution >= 0.6 is 11.8 Å². The Hall–Kier alpha value is -1.30. The molecule has 6 heteroatoms. The smallest absolute Gasteiger partial charge is 0.246 e. The molecule has 0 saturated heterocycles. The summed E-state index contributed by atoms with van der Waals surface area (Å²) in [6, 6.07) is 1.84. The molecule has 0 bridgehead atoms. The van der Waals surface area contributed by atoms with E-state index in [-0.39, 0.29) is 17.3 Å². The molecule has 17 heavy (non-hydrogen) atoms. The molecule has 0 aromatic heterocycles. The monoisotopic (exact) mass is 258 g/mol. The lowest BCUT2D eigenvalue weighted by atomic mass is 10.1. The third-order valence-corrected chi connectivity index (χ3v) is 3.24. The number of halogens is 2. The Morgan fingerprint density at radius 2 is 2.18 bits per heavy atom. The van der Waals surface area contributed by atoms with Gasteiger partial charge in [0.05, 0.1) is 11.4 Å². The highest BCUT2D eigenvalue weighted by atomic mass is 32.2. The SMILES string of the molecule is CSCCC1Nc2c(ccc(F)c2F)NC1=O. The molecule has 1 heterocycles. The fraction of sp³-hybridized carbons (Fsp3) is 0.364. The summed E-state index contributed by atoms with van der Waals surface area (Å²) in [6.07, 6.45) is 2.50. The predicted molar refractivity (Wildman–Crippen MR) is 65.4 cm³/mol. The summed E-state index contributed by atoms with van der Waals surface area (Å²) >= 11 is 1.60. The number of fused-ring (bicyclic) bond motifs is 1. The van der Waals surface area contributed by atoms with E-state index in [0.29, 0.717) is 6.42 Å². The molecule has 1 unspecified atom stereocenters. The number of anilines is 2. The summed E-state index contributed by atoms with van der Waals surface area (Å²) in [5.74, 6) is -1.30. The standard InChI is InChI=1S/C11H12F2N2OS/c1-17-5-4-8-11(16)15-7-3-2-6(12)9(13)10(7)14-8/h2-3,8,14H,4-5H2,1H3,(H,15,16). The summed E-state index contributed by atoms with van der Waals surface area (Å²) in [4.78, 5) is 11.7. The lowest BCUT2D eigenvalue weighted by Crippen LogP contribution is -2.39. The Balaban J connectivity index is 2.26. The summed E-state index contributed by atoms with van der Waals surface area (Å²) in [7, 11) is 0. The average Bonchev–Trinajstić information content (AvgIpc) is 2.32. The van der Waals surface area contributed by atoms with Gasteiger partial charge < -0.3 is 10.6 Å². The second kappa shape index (κ2) is 4.91. The Bertz CT molecular complexity index is 453. The van der Waals surface area contributed by atoms with E-state index in [1.807, 2.05) is 6.26 Å². The summed E-state index contributed by atoms with van der Waals surface area (Å²) in [6.45, 7) is 0. The highest BCUT2D eigenvalue weighted by molar-refractivity contribution is 7.98. The number of thioether (sulfide) groups is 1. The molecule has 1 atom stereocenters. The second-order valence-corrected chi connectivity index (χ2v) is 4.74. The van der Waals surface area contributed by atoms with Crippen LogP contribution in [-0.2, 0) is 4.79 Å². The highest BCUT2D eigenvalue weighted by Crippen LogP contribution is 2.31. The first-order valence-electron chi connectivity index (χ1n) is 5.18. The Morgan fingerprint density at radius 3 is 2.88 bits per heavy atom. The van der Waals surface area contributed by atoms with E-state index in [9.17, 15) is 13.6 Å². The van der Waals surface area contributed by atoms with Crippen molar-refractivity contribution in [3.63, 3.8) is 0 Å². The van der Waals surface area contributed by atoms with Crippen LogP contribution in [0.5, 0.6) is 0 Å². The first-order valence-corrected chi connectivity index (χ1v) is 6.57. The summed E-state index contributed by atoms with van der Waals surface area (Å²) < 4.78 is 26.6. The summed E-state index contributed by atoms with van der Waals surface area (Å²) in [5.41, 5.74) is 0.324. The lowest BCUT2D eigenvalue weighted by molar-refractivity contribution is -0.117. The number of benzene rings is 1. The van der Waals surface area contributed by atoms with Gasteiger partial charge in [-0.15, -0.1) is 0 Å². The number of hydrogen-bond donors (Lipinski definition) is 2. The van der Waals surface area contributed by atoms with Crippen LogP contribution in [0.2, 0.25) is 0 Å². The van der Waals surface area contributed by atoms with Gasteiger partial charge in [-0.1, -0.05) is 0 Å². The maximum atomic E-state index is 13.5. The van der Waals surface area contributed by atoms with E-state index in [2.05, 4.69) is 10.6 Å². The maximum Gasteiger partial charge on any atom is 0.246 e. The number of rotatable bonds is 3. The normalized spacial score (nSPS) is 18.3. The zero-order chi connectivity index (χ0) is 12.4. The topological polar surface area (TPSA) is 41.1 Å². The molecule has 3 nitrogen and oxygen atoms in total. The van der Waals surface area contributed by atoms with E-state index >= 15 is 0 Å². The Labute approximate surface area is 102 Å². The van der Waals surface area contributed by atoms with Crippen molar-refractivity contribution in [3.8, 4) is 0 Å². The zero-order valence-electron chi connectivity index (χ0n) is 9.22. The fourth-order valence-corrected chi connectivity index (χ4v) is 2.17. The van der Waals surface area contributed by atoms with Crippen LogP contribution in [0.25, 0.3) is 0 Å². The Morgan fingerprint density at radius 1 is 1.41 bits per heavy atom. The molecule has 1 amide bonds. The molecule has 1 aromatic carbocycles. The minimum atomic E-state index is -0.948. The van der Waals surface area contributed by atoms with Gasteiger partial charge in [0.1, 0.15) is 6.04 Å². The molecule has 92 valence electrons. The first kappa shape index (κ1) is 12.2. The van der Waals surface area contributed by atoms with Gasteiger partial charge >= 0.3 is 0 Å². The summed E-state index contributed by atoms with van der Waals surface area (Å²) in [5, 5.41) is 5.32. The molecule has 2 rings (SSSR count). The van der Waals surface area contributed by atoms with Crippen molar-refractivity contribution in [3.05, 3.63) is 23.8 Å². The zero-order valence-corrected chi connectivity index (χ0v) is 10.0. The number of amides is 1. The highest BCUT2D eigenvalue weighted by Gasteiger charge is 2.28. The molecule has 0 fully saturated rings. The largest absolute Gasteiger partial charge is 0.369 e. The van der Waals surface area contributed by atoms with E-state index in [4.69, 9.17) is 0 Å². The van der Waals surface area contributed by atoms with Crippen molar-refractivity contribution in [2.24, 2.45) is 0 Å². The van der Waals surface area contributed by atoms with Crippen molar-refractivity contribution in [2.75, 3.05) is 22.6 Å². The van der Waals surface area contributed by atoms with Crippen LogP contribution < -0.4 is 10.6 Å². The van der Waals surface area contributed by atoms with Crippen LogP contribution in [0.4, 0.5) is 20.2 Å². The molecular formula is C11H12F2N2OS. The van der Waals surface area contributed by atoms with Crippen LogP contribution in [0.1, 0.15) is 6.42 Å². The molecule has 0 saturated carbocycles. The number of carbonyl (C=O) groups is 1. The van der Waals surface area contributed by atoms with Crippen molar-refractivity contribution < 1.29 is 13.6 Å². The minimum absolute atomic E-state index is 0.0377. The van der Waals surface area contributed by atoms with E-state index in [0.717, 1.165) is 11.8 Å². The fourth-order valence-electron chi connectivity index (χ4n) is 1.69. The molecule has 1 aliphatic rings. The third-order valence-electron chi connectivity index (χ3n) is 2.60. The number of carbonyl (C=O) groups excluding carboxylic acids is 1. The molecular weight excluding hydrogens is 246 g/mol. The van der Waals surface area contributed by atoms with Crippen LogP contribution in [0, 0.1) is 11.6 Å². The lowest BCUT2D eigenvalue weighted by Gasteiger charge is -2.27. The predicted octanol–water partition coefficient (Wildman–Crippen LogP) is 2.45. The second-order valence-electron chi connectivity index (χ2n) is 3.75. The molecule has 0 radical (unpaired) electrons. The molecule has 0 aliphatic carbocycles. The Kier molecular flexibility index (Phi) is 3.51. The quantitative estimate of drug-likeness (QED) is 0.875. The average molecular weight is 258 g/mol. The van der Waals surface area contributed by atoms with Gasteiger partial charge in [-0.3, -0.25) is 4.79 Å². The maximum absolute atomic E-state index is 13.5. The van der Waals surface area contributed by atoms with Crippen LogP contribution in [-0.4, -0.2) is 24.0 Å². The van der Waals surface area contributed by atoms with Gasteiger partial charge in [-0.2, -0.15) is 11.8 Å². The van der Waals surface area contributed by atoms with Crippen LogP contribution in [0.15, 0.2) is 12.1 Å². The van der Waals surface area contributed by atoms with Gasteiger partial charge in [0.25, 0.3) is 0 Å². The molecule has 1 aromatic rings. The number of nitrogens with one attached hydrogen (secondary N) is 2. The van der Waals surface area contributed by atoms with Gasteiger partial charge in [0.2, 0.25) is 5.91 Å². The van der Waals surface area contributed by atoms with Gasteiger partial charge in [0.15, 0.2) is 11.6 Å². The van der Waals surface area contributed by atoms with Crippen LogP contribution in [0.3, 0.4) is 0 Å². The third kappa shape index (κ3) is 2.36. The van der Waals surface area contributed by atoms with E-state index in [1.54, 1.807) is 11.8 Å². The van der Waals surface area contributed by atoms with E-state index in [1.165, 1.54) is 6.07 Å². The van der Waals surface area contributed by atoms with Crippen molar-refractivity contribution in [1.29, 1.82) is 0 Å². The van der Waals surface area contributed by atoms with E-state index < -0.39 is 17.7 Å². The van der Waals surface area contributed by atoms with Gasteiger partial charge in [-0.25, -0.2) is 8.78 Å². The van der Waals surface area contributed by atoms with Crippen molar-refractivity contribution in [2.45, 2.75) is 12.5 Å². The molecule has 1 aliphatic heterocycles. The minimum Gasteiger partial charge on any atom is -0.369 e. The van der Waals surface area contributed by atoms with Gasteiger partial charge in [0, 0.05) is 0 Å². The van der Waals surface area contributed by atoms with Gasteiger partial charge in [-0.05, 0) is 30.6 Å². The van der Waals surface area contributed by atoms with Crippen molar-refractivity contribution in [1.82, 2.24) is 0 Å². The number of hydrogen-bond acceptors (Lipinski definition) is 3. The first-order chi connectivity index (χ1) is 8.13. The molecule has 2 N–H and O–H groups in total. The molecule has 0 spiro atoms.